The van der Waals surface area contributed by atoms with Crippen LogP contribution in [0.1, 0.15) is 16.9 Å². The highest BCUT2D eigenvalue weighted by Crippen LogP contribution is 2.30. The van der Waals surface area contributed by atoms with E-state index in [-0.39, 0.29) is 5.91 Å². The van der Waals surface area contributed by atoms with Crippen LogP contribution in [0.25, 0.3) is 20.9 Å². The van der Waals surface area contributed by atoms with Gasteiger partial charge in [0, 0.05) is 25.5 Å². The van der Waals surface area contributed by atoms with Crippen molar-refractivity contribution in [3.05, 3.63) is 42.4 Å². The van der Waals surface area contributed by atoms with Crippen LogP contribution in [-0.2, 0) is 0 Å². The van der Waals surface area contributed by atoms with E-state index in [0.717, 1.165) is 34.7 Å². The molecule has 4 rings (SSSR count). The summed E-state index contributed by atoms with van der Waals surface area (Å²) in [5.41, 5.74) is 1.90. The molecule has 0 N–H and O–H groups in total. The van der Waals surface area contributed by atoms with Gasteiger partial charge in [-0.3, -0.25) is 4.79 Å². The molecule has 0 radical (unpaired) electrons. The Bertz CT molecular complexity index is 792. The fraction of sp³-hybridized carbons (Fsp3) is 0.200. The second kappa shape index (κ2) is 4.89. The molecule has 0 spiro atoms. The molecule has 0 bridgehead atoms. The minimum Gasteiger partial charge on any atom is -0.337 e. The molecule has 104 valence electrons. The van der Waals surface area contributed by atoms with Crippen LogP contribution in [0.3, 0.4) is 0 Å². The Balaban J connectivity index is 1.82. The predicted molar refractivity (Wildman–Crippen MR) is 81.2 cm³/mol. The summed E-state index contributed by atoms with van der Waals surface area (Å²) in [5, 5.41) is 0.744. The average Bonchev–Trinajstić information content (AvgIpc) is 2.89. The molecule has 0 atom stereocenters. The number of fused-ring (bicyclic) bond motifs is 1. The van der Waals surface area contributed by atoms with Crippen molar-refractivity contribution in [3.63, 3.8) is 0 Å². The summed E-state index contributed by atoms with van der Waals surface area (Å²) in [6.45, 7) is 1.60. The Morgan fingerprint density at radius 1 is 1.14 bits per heavy atom. The van der Waals surface area contributed by atoms with Gasteiger partial charge < -0.3 is 4.90 Å². The van der Waals surface area contributed by atoms with E-state index < -0.39 is 0 Å². The maximum atomic E-state index is 12.4. The van der Waals surface area contributed by atoms with Crippen molar-refractivity contribution in [1.29, 1.82) is 0 Å². The summed E-state index contributed by atoms with van der Waals surface area (Å²) in [6.07, 6.45) is 4.22. The lowest BCUT2D eigenvalue weighted by atomic mass is 10.2. The number of thiazole rings is 1. The van der Waals surface area contributed by atoms with Crippen molar-refractivity contribution in [3.8, 4) is 10.7 Å². The second-order valence-corrected chi connectivity index (χ2v) is 5.92. The maximum Gasteiger partial charge on any atom is 0.274 e. The Labute approximate surface area is 125 Å². The first kappa shape index (κ1) is 12.4. The normalized spacial score (nSPS) is 14.2. The van der Waals surface area contributed by atoms with Crippen LogP contribution >= 0.6 is 11.3 Å². The first-order valence-electron chi connectivity index (χ1n) is 6.79. The number of carbonyl (C=O) groups is 1. The monoisotopic (exact) mass is 296 g/mol. The number of amides is 1. The molecule has 0 saturated carbocycles. The zero-order valence-electron chi connectivity index (χ0n) is 11.2. The number of rotatable bonds is 2. The number of carbonyl (C=O) groups excluding carboxylic acids is 1. The lowest BCUT2D eigenvalue weighted by Crippen LogP contribution is -2.42. The van der Waals surface area contributed by atoms with Crippen LogP contribution < -0.4 is 0 Å². The standard InChI is InChI=1S/C15H12N4OS/c20-15(19-8-3-9-19)13-12(16-6-7-17-13)14-18-10-4-1-2-5-11(10)21-14/h1-2,4-7H,3,8-9H2. The number of likely N-dealkylation sites (tertiary alicyclic amines) is 1. The molecule has 5 nitrogen and oxygen atoms in total. The number of hydrogen-bond donors (Lipinski definition) is 0. The van der Waals surface area contributed by atoms with Gasteiger partial charge in [0.15, 0.2) is 5.69 Å². The summed E-state index contributed by atoms with van der Waals surface area (Å²) in [5.74, 6) is -0.0522. The van der Waals surface area contributed by atoms with Gasteiger partial charge in [0.25, 0.3) is 5.91 Å². The van der Waals surface area contributed by atoms with Gasteiger partial charge in [0.2, 0.25) is 0 Å². The number of nitrogens with zero attached hydrogens (tertiary/aromatic N) is 4. The molecule has 0 aliphatic carbocycles. The van der Waals surface area contributed by atoms with E-state index in [9.17, 15) is 4.79 Å². The fourth-order valence-electron chi connectivity index (χ4n) is 2.29. The third-order valence-corrected chi connectivity index (χ3v) is 4.58. The summed E-state index contributed by atoms with van der Waals surface area (Å²) in [7, 11) is 0. The maximum absolute atomic E-state index is 12.4. The van der Waals surface area contributed by atoms with Gasteiger partial charge in [0.05, 0.1) is 10.2 Å². The quantitative estimate of drug-likeness (QED) is 0.729. The lowest BCUT2D eigenvalue weighted by Gasteiger charge is -2.30. The molecule has 1 amide bonds. The molecule has 6 heteroatoms. The lowest BCUT2D eigenvalue weighted by molar-refractivity contribution is 0.0646. The summed E-state index contributed by atoms with van der Waals surface area (Å²) < 4.78 is 1.08. The Hall–Kier alpha value is -2.34. The third kappa shape index (κ3) is 2.08. The molecule has 1 saturated heterocycles. The minimum absolute atomic E-state index is 0.0522. The smallest absolute Gasteiger partial charge is 0.274 e. The third-order valence-electron chi connectivity index (χ3n) is 3.54. The van der Waals surface area contributed by atoms with E-state index in [1.54, 1.807) is 17.3 Å². The number of hydrogen-bond acceptors (Lipinski definition) is 5. The zero-order chi connectivity index (χ0) is 14.2. The van der Waals surface area contributed by atoms with Gasteiger partial charge in [-0.1, -0.05) is 12.1 Å². The topological polar surface area (TPSA) is 59.0 Å². The van der Waals surface area contributed by atoms with Gasteiger partial charge in [-0.05, 0) is 18.6 Å². The highest BCUT2D eigenvalue weighted by Gasteiger charge is 2.26. The zero-order valence-corrected chi connectivity index (χ0v) is 12.0. The molecule has 1 fully saturated rings. The Morgan fingerprint density at radius 3 is 2.71 bits per heavy atom. The van der Waals surface area contributed by atoms with Crippen molar-refractivity contribution in [1.82, 2.24) is 19.9 Å². The number of para-hydroxylation sites is 1. The predicted octanol–water partition coefficient (Wildman–Crippen LogP) is 2.60. The van der Waals surface area contributed by atoms with Gasteiger partial charge >= 0.3 is 0 Å². The van der Waals surface area contributed by atoms with Crippen LogP contribution in [0.5, 0.6) is 0 Å². The Morgan fingerprint density at radius 2 is 1.95 bits per heavy atom. The molecule has 1 aliphatic rings. The van der Waals surface area contributed by atoms with E-state index in [2.05, 4.69) is 15.0 Å². The van der Waals surface area contributed by atoms with Crippen molar-refractivity contribution in [2.24, 2.45) is 0 Å². The van der Waals surface area contributed by atoms with Gasteiger partial charge in [-0.25, -0.2) is 15.0 Å². The van der Waals surface area contributed by atoms with Crippen molar-refractivity contribution >= 4 is 27.5 Å². The Kier molecular flexibility index (Phi) is 2.89. The van der Waals surface area contributed by atoms with Crippen LogP contribution in [0.15, 0.2) is 36.7 Å². The number of benzene rings is 1. The van der Waals surface area contributed by atoms with Crippen LogP contribution in [0.4, 0.5) is 0 Å². The molecule has 3 heterocycles. The van der Waals surface area contributed by atoms with Crippen molar-refractivity contribution < 1.29 is 4.79 Å². The van der Waals surface area contributed by atoms with E-state index in [4.69, 9.17) is 0 Å². The molecule has 2 aromatic heterocycles. The van der Waals surface area contributed by atoms with Gasteiger partial charge in [-0.15, -0.1) is 11.3 Å². The molecular weight excluding hydrogens is 284 g/mol. The molecule has 0 unspecified atom stereocenters. The van der Waals surface area contributed by atoms with Crippen LogP contribution in [0, 0.1) is 0 Å². The first-order valence-corrected chi connectivity index (χ1v) is 7.61. The number of aromatic nitrogens is 3. The molecule has 3 aromatic rings. The molecule has 1 aromatic carbocycles. The molecule has 21 heavy (non-hydrogen) atoms. The minimum atomic E-state index is -0.0522. The average molecular weight is 296 g/mol. The molecule has 1 aliphatic heterocycles. The highest BCUT2D eigenvalue weighted by molar-refractivity contribution is 7.21. The SMILES string of the molecule is O=C(c1nccnc1-c1nc2ccccc2s1)N1CCC1. The van der Waals surface area contributed by atoms with Crippen LogP contribution in [0.2, 0.25) is 0 Å². The summed E-state index contributed by atoms with van der Waals surface area (Å²) >= 11 is 1.53. The highest BCUT2D eigenvalue weighted by atomic mass is 32.1. The van der Waals surface area contributed by atoms with E-state index in [0.29, 0.717) is 11.4 Å². The van der Waals surface area contributed by atoms with E-state index in [1.165, 1.54) is 11.3 Å². The largest absolute Gasteiger partial charge is 0.337 e. The summed E-state index contributed by atoms with van der Waals surface area (Å²) in [4.78, 5) is 27.4. The van der Waals surface area contributed by atoms with E-state index in [1.807, 2.05) is 24.3 Å². The van der Waals surface area contributed by atoms with Gasteiger partial charge in [-0.2, -0.15) is 0 Å². The van der Waals surface area contributed by atoms with Crippen molar-refractivity contribution in [2.45, 2.75) is 6.42 Å². The summed E-state index contributed by atoms with van der Waals surface area (Å²) in [6, 6.07) is 7.91. The van der Waals surface area contributed by atoms with E-state index >= 15 is 0 Å². The van der Waals surface area contributed by atoms with Crippen molar-refractivity contribution in [2.75, 3.05) is 13.1 Å². The van der Waals surface area contributed by atoms with Gasteiger partial charge in [0.1, 0.15) is 10.7 Å². The molecular formula is C15H12N4OS. The fourth-order valence-corrected chi connectivity index (χ4v) is 3.26. The van der Waals surface area contributed by atoms with Crippen LogP contribution in [-0.4, -0.2) is 38.8 Å². The first-order chi connectivity index (χ1) is 10.3. The second-order valence-electron chi connectivity index (χ2n) is 4.89.